The van der Waals surface area contributed by atoms with Crippen LogP contribution in [0.2, 0.25) is 0 Å². The van der Waals surface area contributed by atoms with Gasteiger partial charge in [0.2, 0.25) is 0 Å². The zero-order valence-corrected chi connectivity index (χ0v) is 28.6. The van der Waals surface area contributed by atoms with Gasteiger partial charge in [-0.25, -0.2) is 0 Å². The fourth-order valence-corrected chi connectivity index (χ4v) is 15.2. The second-order valence-corrected chi connectivity index (χ2v) is 22.5. The lowest BCUT2D eigenvalue weighted by Gasteiger charge is -2.67. The van der Waals surface area contributed by atoms with Gasteiger partial charge in [0.05, 0.1) is 9.15 Å². The van der Waals surface area contributed by atoms with E-state index in [0.717, 1.165) is 0 Å². The van der Waals surface area contributed by atoms with Crippen molar-refractivity contribution >= 4 is 159 Å². The topological polar surface area (TPSA) is 0 Å². The quantitative estimate of drug-likeness (QED) is 0.259. The van der Waals surface area contributed by atoms with Gasteiger partial charge in [-0.15, -0.1) is 0 Å². The van der Waals surface area contributed by atoms with Crippen molar-refractivity contribution in [1.29, 1.82) is 0 Å². The Labute approximate surface area is 232 Å². The first-order chi connectivity index (χ1) is 11.0. The highest BCUT2D eigenvalue weighted by atomic mass is 79.9. The van der Waals surface area contributed by atoms with Crippen LogP contribution in [0.4, 0.5) is 0 Å². The van der Waals surface area contributed by atoms with Gasteiger partial charge in [0.25, 0.3) is 0 Å². The Morgan fingerprint density at radius 2 is 1.16 bits per heavy atom. The Morgan fingerprint density at radius 3 is 1.60 bits per heavy atom. The van der Waals surface area contributed by atoms with Crippen molar-refractivity contribution in [2.24, 2.45) is 0 Å². The third-order valence-electron chi connectivity index (χ3n) is 4.74. The summed E-state index contributed by atoms with van der Waals surface area (Å²) < 4.78 is -3.07. The Balaban J connectivity index is 2.82. The van der Waals surface area contributed by atoms with Crippen LogP contribution < -0.4 is 0 Å². The average molecular weight is 991 g/mol. The minimum atomic E-state index is -0.674. The van der Waals surface area contributed by atoms with E-state index in [1.807, 2.05) is 6.07 Å². The molecule has 0 amide bonds. The summed E-state index contributed by atoms with van der Waals surface area (Å²) in [6.45, 7) is 4.45. The van der Waals surface area contributed by atoms with Gasteiger partial charge in [-0.3, -0.25) is 0 Å². The summed E-state index contributed by atoms with van der Waals surface area (Å²) in [5, 5.41) is 0. The Kier molecular flexibility index (Phi) is 7.95. The predicted molar refractivity (Wildman–Crippen MR) is 146 cm³/mol. The van der Waals surface area contributed by atoms with Crippen LogP contribution in [0.1, 0.15) is 19.4 Å². The SMILES string of the molecule is CC(C)(c1ccccc1)C1(Br)C(Br)C(Br)(Br)C(Br)(Br)C(Br)(Br)C1(Br)Br. The van der Waals surface area contributed by atoms with Gasteiger partial charge in [-0.05, 0) is 5.56 Å². The smallest absolute Gasteiger partial charge is 0.0849 e. The lowest BCUT2D eigenvalue weighted by Crippen LogP contribution is -2.78. The molecule has 0 aromatic heterocycles. The molecule has 1 aliphatic rings. The first-order valence-electron chi connectivity index (χ1n) is 6.91. The summed E-state index contributed by atoms with van der Waals surface area (Å²) in [4.78, 5) is -0.0940. The van der Waals surface area contributed by atoms with E-state index in [-0.39, 0.29) is 10.2 Å². The molecule has 2 atom stereocenters. The van der Waals surface area contributed by atoms with Crippen LogP contribution in [-0.2, 0) is 5.41 Å². The Bertz CT molecular complexity index is 652. The van der Waals surface area contributed by atoms with Gasteiger partial charge in [0, 0.05) is 5.41 Å². The number of alkyl halides is 10. The first kappa shape index (κ1) is 25.3. The monoisotopic (exact) mass is 981 g/mol. The van der Waals surface area contributed by atoms with Crippen molar-refractivity contribution in [3.63, 3.8) is 0 Å². The second kappa shape index (κ2) is 7.86. The van der Waals surface area contributed by atoms with Crippen LogP contribution in [-0.4, -0.2) is 22.1 Å². The van der Waals surface area contributed by atoms with Crippen molar-refractivity contribution in [2.45, 2.75) is 41.3 Å². The van der Waals surface area contributed by atoms with Crippen LogP contribution in [0.15, 0.2) is 30.3 Å². The van der Waals surface area contributed by atoms with Crippen molar-refractivity contribution < 1.29 is 0 Å². The maximum Gasteiger partial charge on any atom is 0.134 e. The van der Waals surface area contributed by atoms with Gasteiger partial charge in [-0.1, -0.05) is 203 Å². The van der Waals surface area contributed by atoms with E-state index in [2.05, 4.69) is 197 Å². The fourth-order valence-electron chi connectivity index (χ4n) is 2.98. The molecule has 0 nitrogen and oxygen atoms in total. The van der Waals surface area contributed by atoms with Crippen molar-refractivity contribution in [2.75, 3.05) is 0 Å². The van der Waals surface area contributed by atoms with Gasteiger partial charge >= 0.3 is 0 Å². The lowest BCUT2D eigenvalue weighted by molar-refractivity contribution is 0.293. The third-order valence-corrected chi connectivity index (χ3v) is 26.8. The van der Waals surface area contributed by atoms with E-state index < -0.39 is 17.3 Å². The highest BCUT2D eigenvalue weighted by molar-refractivity contribution is 9.35. The molecule has 0 saturated heterocycles. The van der Waals surface area contributed by atoms with Gasteiger partial charge in [0.1, 0.15) is 12.9 Å². The molecule has 0 heterocycles. The minimum absolute atomic E-state index is 0.0940. The summed E-state index contributed by atoms with van der Waals surface area (Å²) in [7, 11) is 0. The van der Waals surface area contributed by atoms with Crippen molar-refractivity contribution in [3.05, 3.63) is 35.9 Å². The maximum atomic E-state index is 4.14. The van der Waals surface area contributed by atoms with E-state index in [9.17, 15) is 0 Å². The molecule has 0 aliphatic heterocycles. The molecule has 1 saturated carbocycles. The summed E-state index contributed by atoms with van der Waals surface area (Å²) in [5.74, 6) is 0. The normalized spacial score (nSPS) is 33.0. The molecule has 1 aromatic carbocycles. The molecule has 10 heteroatoms. The highest BCUT2D eigenvalue weighted by Crippen LogP contribution is 2.79. The number of hydrogen-bond acceptors (Lipinski definition) is 0. The predicted octanol–water partition coefficient (Wildman–Crippen LogP) is 9.82. The summed E-state index contributed by atoms with van der Waals surface area (Å²) in [5.41, 5.74) is 0.911. The van der Waals surface area contributed by atoms with E-state index in [1.54, 1.807) is 0 Å². The Morgan fingerprint density at radius 1 is 0.720 bits per heavy atom. The van der Waals surface area contributed by atoms with Crippen molar-refractivity contribution in [3.8, 4) is 0 Å². The molecular formula is C15H12Br10. The van der Waals surface area contributed by atoms with E-state index in [4.69, 9.17) is 0 Å². The van der Waals surface area contributed by atoms with Gasteiger partial charge in [-0.2, -0.15) is 0 Å². The van der Waals surface area contributed by atoms with Gasteiger partial charge < -0.3 is 0 Å². The molecule has 2 rings (SSSR count). The van der Waals surface area contributed by atoms with Crippen LogP contribution in [0, 0.1) is 0 Å². The van der Waals surface area contributed by atoms with Crippen LogP contribution in [0.5, 0.6) is 0 Å². The molecule has 142 valence electrons. The van der Waals surface area contributed by atoms with E-state index >= 15 is 0 Å². The largest absolute Gasteiger partial charge is 0.134 e. The highest BCUT2D eigenvalue weighted by Gasteiger charge is 2.81. The third kappa shape index (κ3) is 3.37. The molecular weight excluding hydrogens is 979 g/mol. The van der Waals surface area contributed by atoms with E-state index in [1.165, 1.54) is 5.56 Å². The maximum absolute atomic E-state index is 4.14. The minimum Gasteiger partial charge on any atom is -0.0849 e. The summed E-state index contributed by atoms with van der Waals surface area (Å²) in [6.07, 6.45) is 0. The second-order valence-electron chi connectivity index (χ2n) is 6.41. The molecule has 0 spiro atoms. The zero-order valence-electron chi connectivity index (χ0n) is 12.7. The van der Waals surface area contributed by atoms with Gasteiger partial charge in [0.15, 0.2) is 0 Å². The molecule has 1 aliphatic carbocycles. The number of halogens is 10. The Hall–Kier alpha value is 4.02. The average Bonchev–Trinajstić information content (AvgIpc) is 2.52. The molecule has 0 radical (unpaired) electrons. The van der Waals surface area contributed by atoms with Crippen LogP contribution in [0.3, 0.4) is 0 Å². The zero-order chi connectivity index (χ0) is 19.7. The van der Waals surface area contributed by atoms with Crippen molar-refractivity contribution in [1.82, 2.24) is 0 Å². The molecule has 0 bridgehead atoms. The molecule has 2 unspecified atom stereocenters. The number of benzene rings is 1. The van der Waals surface area contributed by atoms with E-state index in [0.29, 0.717) is 0 Å². The molecule has 1 aromatic rings. The molecule has 25 heavy (non-hydrogen) atoms. The molecule has 0 N–H and O–H groups in total. The van der Waals surface area contributed by atoms with Crippen LogP contribution >= 0.6 is 159 Å². The fraction of sp³-hybridized carbons (Fsp3) is 0.600. The first-order valence-corrected chi connectivity index (χ1v) is 15.0. The summed E-state index contributed by atoms with van der Waals surface area (Å²) in [6, 6.07) is 10.5. The molecule has 1 fully saturated rings. The standard InChI is InChI=1S/C15H12Br10/c1-10(2,8-6-4-3-5-7-8)11(17)9(16)12(18,19)14(22,23)15(24,25)13(11,20)21/h3-7,9H,1-2H3. The number of hydrogen-bond donors (Lipinski definition) is 0. The number of rotatable bonds is 2. The van der Waals surface area contributed by atoms with Crippen LogP contribution in [0.25, 0.3) is 0 Å². The lowest BCUT2D eigenvalue weighted by atomic mass is 9.66. The summed E-state index contributed by atoms with van der Waals surface area (Å²) >= 11 is 39.3.